The van der Waals surface area contributed by atoms with Crippen molar-refractivity contribution in [1.82, 2.24) is 0 Å². The Morgan fingerprint density at radius 2 is 2.08 bits per heavy atom. The van der Waals surface area contributed by atoms with E-state index in [1.165, 1.54) is 18.9 Å². The fourth-order valence-electron chi connectivity index (χ4n) is 1.29. The SMILES string of the molecule is Fc1ccccc1[CH]CC1CC1. The minimum atomic E-state index is -0.0989. The van der Waals surface area contributed by atoms with Crippen molar-refractivity contribution in [2.45, 2.75) is 19.3 Å². The molecule has 1 aliphatic rings. The van der Waals surface area contributed by atoms with Crippen molar-refractivity contribution >= 4 is 0 Å². The van der Waals surface area contributed by atoms with E-state index in [1.807, 2.05) is 18.6 Å². The summed E-state index contributed by atoms with van der Waals surface area (Å²) in [6, 6.07) is 6.95. The predicted molar refractivity (Wildman–Crippen MR) is 47.1 cm³/mol. The highest BCUT2D eigenvalue weighted by Gasteiger charge is 2.21. The van der Waals surface area contributed by atoms with Crippen molar-refractivity contribution in [2.24, 2.45) is 5.92 Å². The molecule has 1 saturated carbocycles. The topological polar surface area (TPSA) is 0 Å². The van der Waals surface area contributed by atoms with E-state index in [9.17, 15) is 4.39 Å². The van der Waals surface area contributed by atoms with Crippen LogP contribution in [-0.4, -0.2) is 0 Å². The van der Waals surface area contributed by atoms with Gasteiger partial charge in [0.1, 0.15) is 5.82 Å². The van der Waals surface area contributed by atoms with Crippen LogP contribution in [0.5, 0.6) is 0 Å². The molecule has 0 heterocycles. The van der Waals surface area contributed by atoms with Gasteiger partial charge in [-0.2, -0.15) is 0 Å². The van der Waals surface area contributed by atoms with Crippen LogP contribution in [0.1, 0.15) is 24.8 Å². The van der Waals surface area contributed by atoms with Crippen molar-refractivity contribution in [3.05, 3.63) is 42.1 Å². The normalized spacial score (nSPS) is 16.4. The molecule has 0 N–H and O–H groups in total. The minimum Gasteiger partial charge on any atom is -0.207 e. The average molecular weight is 163 g/mol. The van der Waals surface area contributed by atoms with Gasteiger partial charge in [0.25, 0.3) is 0 Å². The highest BCUT2D eigenvalue weighted by Crippen LogP contribution is 2.34. The van der Waals surface area contributed by atoms with Crippen molar-refractivity contribution in [3.63, 3.8) is 0 Å². The Labute approximate surface area is 72.4 Å². The van der Waals surface area contributed by atoms with Gasteiger partial charge in [0, 0.05) is 0 Å². The molecule has 1 aliphatic carbocycles. The molecule has 1 aromatic rings. The molecule has 0 saturated heterocycles. The largest absolute Gasteiger partial charge is 0.207 e. The average Bonchev–Trinajstić information content (AvgIpc) is 2.86. The summed E-state index contributed by atoms with van der Waals surface area (Å²) in [5.41, 5.74) is 0.754. The van der Waals surface area contributed by atoms with Crippen LogP contribution in [0.4, 0.5) is 4.39 Å². The molecule has 2 rings (SSSR count). The molecule has 0 aromatic heterocycles. The van der Waals surface area contributed by atoms with Crippen LogP contribution in [0.2, 0.25) is 0 Å². The second kappa shape index (κ2) is 3.26. The molecule has 0 bridgehead atoms. The Bertz CT molecular complexity index is 263. The Balaban J connectivity index is 1.96. The summed E-state index contributed by atoms with van der Waals surface area (Å²) in [5.74, 6) is 0.739. The number of rotatable bonds is 3. The lowest BCUT2D eigenvalue weighted by molar-refractivity contribution is 0.616. The first-order valence-corrected chi connectivity index (χ1v) is 4.44. The summed E-state index contributed by atoms with van der Waals surface area (Å²) in [7, 11) is 0. The van der Waals surface area contributed by atoms with Gasteiger partial charge < -0.3 is 0 Å². The molecule has 1 radical (unpaired) electrons. The predicted octanol–water partition coefficient (Wildman–Crippen LogP) is 3.18. The monoisotopic (exact) mass is 163 g/mol. The molecule has 0 spiro atoms. The summed E-state index contributed by atoms with van der Waals surface area (Å²) >= 11 is 0. The molecule has 0 aliphatic heterocycles. The second-order valence-corrected chi connectivity index (χ2v) is 3.40. The third-order valence-corrected chi connectivity index (χ3v) is 2.27. The molecule has 1 aromatic carbocycles. The van der Waals surface area contributed by atoms with Gasteiger partial charge in [-0.25, -0.2) is 4.39 Å². The van der Waals surface area contributed by atoms with Gasteiger partial charge >= 0.3 is 0 Å². The van der Waals surface area contributed by atoms with Crippen LogP contribution in [0.15, 0.2) is 24.3 Å². The van der Waals surface area contributed by atoms with Crippen LogP contribution >= 0.6 is 0 Å². The summed E-state index contributed by atoms with van der Waals surface area (Å²) in [4.78, 5) is 0. The van der Waals surface area contributed by atoms with Crippen molar-refractivity contribution in [2.75, 3.05) is 0 Å². The van der Waals surface area contributed by atoms with Gasteiger partial charge in [-0.1, -0.05) is 31.0 Å². The first kappa shape index (κ1) is 7.78. The van der Waals surface area contributed by atoms with Crippen molar-refractivity contribution in [3.8, 4) is 0 Å². The Morgan fingerprint density at radius 1 is 1.33 bits per heavy atom. The van der Waals surface area contributed by atoms with Gasteiger partial charge in [-0.15, -0.1) is 0 Å². The minimum absolute atomic E-state index is 0.0989. The Morgan fingerprint density at radius 3 is 2.75 bits per heavy atom. The molecular formula is C11H12F. The molecular weight excluding hydrogens is 151 g/mol. The third kappa shape index (κ3) is 1.84. The van der Waals surface area contributed by atoms with Gasteiger partial charge in [0.05, 0.1) is 0 Å². The second-order valence-electron chi connectivity index (χ2n) is 3.40. The molecule has 1 heteroatoms. The first-order valence-electron chi connectivity index (χ1n) is 4.44. The van der Waals surface area contributed by atoms with Crippen LogP contribution < -0.4 is 0 Å². The Hall–Kier alpha value is -0.850. The number of benzene rings is 1. The van der Waals surface area contributed by atoms with Crippen molar-refractivity contribution in [1.29, 1.82) is 0 Å². The lowest BCUT2D eigenvalue weighted by Gasteiger charge is -2.00. The van der Waals surface area contributed by atoms with Crippen LogP contribution in [0.3, 0.4) is 0 Å². The summed E-state index contributed by atoms with van der Waals surface area (Å²) in [5, 5.41) is 0. The zero-order valence-electron chi connectivity index (χ0n) is 6.96. The molecule has 1 fully saturated rings. The van der Waals surface area contributed by atoms with Crippen LogP contribution in [0, 0.1) is 18.2 Å². The van der Waals surface area contributed by atoms with Gasteiger partial charge in [-0.05, 0) is 30.4 Å². The smallest absolute Gasteiger partial charge is 0.126 e. The van der Waals surface area contributed by atoms with E-state index in [-0.39, 0.29) is 5.82 Å². The van der Waals surface area contributed by atoms with E-state index >= 15 is 0 Å². The summed E-state index contributed by atoms with van der Waals surface area (Å²) in [6.45, 7) is 0. The quantitative estimate of drug-likeness (QED) is 0.642. The summed E-state index contributed by atoms with van der Waals surface area (Å²) in [6.07, 6.45) is 5.70. The maximum Gasteiger partial charge on any atom is 0.126 e. The van der Waals surface area contributed by atoms with Crippen LogP contribution in [-0.2, 0) is 0 Å². The Kier molecular flexibility index (Phi) is 2.11. The molecule has 0 nitrogen and oxygen atoms in total. The lowest BCUT2D eigenvalue weighted by Crippen LogP contribution is -1.87. The highest BCUT2D eigenvalue weighted by molar-refractivity contribution is 5.24. The first-order chi connectivity index (χ1) is 5.86. The van der Waals surface area contributed by atoms with Gasteiger partial charge in [0.15, 0.2) is 0 Å². The van der Waals surface area contributed by atoms with E-state index in [2.05, 4.69) is 0 Å². The van der Waals surface area contributed by atoms with Crippen LogP contribution in [0.25, 0.3) is 0 Å². The zero-order chi connectivity index (χ0) is 8.39. The molecule has 12 heavy (non-hydrogen) atoms. The molecule has 0 amide bonds. The molecule has 0 unspecified atom stereocenters. The van der Waals surface area contributed by atoms with E-state index in [0.717, 1.165) is 17.9 Å². The summed E-state index contributed by atoms with van der Waals surface area (Å²) < 4.78 is 13.0. The maximum absolute atomic E-state index is 13.0. The van der Waals surface area contributed by atoms with Crippen molar-refractivity contribution < 1.29 is 4.39 Å². The molecule has 0 atom stereocenters. The number of hydrogen-bond donors (Lipinski definition) is 0. The lowest BCUT2D eigenvalue weighted by atomic mass is 10.1. The third-order valence-electron chi connectivity index (χ3n) is 2.27. The zero-order valence-corrected chi connectivity index (χ0v) is 6.96. The van der Waals surface area contributed by atoms with Gasteiger partial charge in [0.2, 0.25) is 0 Å². The van der Waals surface area contributed by atoms with E-state index in [4.69, 9.17) is 0 Å². The van der Waals surface area contributed by atoms with E-state index in [1.54, 1.807) is 6.07 Å². The fraction of sp³-hybridized carbons (Fsp3) is 0.364. The van der Waals surface area contributed by atoms with E-state index < -0.39 is 0 Å². The maximum atomic E-state index is 13.0. The number of halogens is 1. The van der Waals surface area contributed by atoms with Gasteiger partial charge in [-0.3, -0.25) is 0 Å². The fourth-order valence-corrected chi connectivity index (χ4v) is 1.29. The number of hydrogen-bond acceptors (Lipinski definition) is 0. The molecule has 63 valence electrons. The highest BCUT2D eigenvalue weighted by atomic mass is 19.1. The standard InChI is InChI=1S/C11H12F/c12-11-4-2-1-3-10(11)8-7-9-5-6-9/h1-4,8-9H,5-7H2. The van der Waals surface area contributed by atoms with E-state index in [0.29, 0.717) is 0 Å².